The molecule has 0 aromatic heterocycles. The molecule has 0 fully saturated rings. The molecule has 70 heavy (non-hydrogen) atoms. The molecule has 0 aliphatic carbocycles. The number of esters is 2. The van der Waals surface area contributed by atoms with Crippen molar-refractivity contribution in [3.63, 3.8) is 0 Å². The molecule has 0 bridgehead atoms. The first kappa shape index (κ1) is 67.3. The van der Waals surface area contributed by atoms with E-state index in [1.165, 1.54) is 205 Å². The fraction of sp³-hybridized carbons (Fsp3) is 0.785. The summed E-state index contributed by atoms with van der Waals surface area (Å²) in [5.74, 6) is -0.404. The van der Waals surface area contributed by atoms with Gasteiger partial charge in [-0.05, 0) is 116 Å². The van der Waals surface area contributed by atoms with E-state index >= 15 is 0 Å². The SMILES string of the molecule is CCCCC/C=C\C/C=C\CCCCCCCCCCCC(=O)OCC(COCCCCCCCCCC/C=C\C/C=C\CCCCC)OC(=O)CCCCCCCCC/C=C\C/C=C\CCCCC. The first-order valence-electron chi connectivity index (χ1n) is 30.5. The van der Waals surface area contributed by atoms with Gasteiger partial charge in [0.15, 0.2) is 6.10 Å². The fourth-order valence-electron chi connectivity index (χ4n) is 8.60. The van der Waals surface area contributed by atoms with Crippen LogP contribution in [0.5, 0.6) is 0 Å². The van der Waals surface area contributed by atoms with E-state index < -0.39 is 6.10 Å². The molecule has 0 aromatic rings. The summed E-state index contributed by atoms with van der Waals surface area (Å²) in [6.07, 6.45) is 79.2. The van der Waals surface area contributed by atoms with E-state index in [0.717, 1.165) is 64.2 Å². The number of ether oxygens (including phenoxy) is 3. The topological polar surface area (TPSA) is 61.8 Å². The lowest BCUT2D eigenvalue weighted by Crippen LogP contribution is -2.30. The minimum atomic E-state index is -0.549. The molecular weight excluding hydrogens is 861 g/mol. The van der Waals surface area contributed by atoms with Gasteiger partial charge in [0, 0.05) is 19.4 Å². The molecule has 0 N–H and O–H groups in total. The van der Waals surface area contributed by atoms with Crippen LogP contribution in [0.15, 0.2) is 72.9 Å². The highest BCUT2D eigenvalue weighted by Crippen LogP contribution is 2.15. The van der Waals surface area contributed by atoms with E-state index in [2.05, 4.69) is 93.7 Å². The van der Waals surface area contributed by atoms with Gasteiger partial charge in [0.2, 0.25) is 0 Å². The molecular formula is C65H116O5. The lowest BCUT2D eigenvalue weighted by atomic mass is 10.1. The maximum Gasteiger partial charge on any atom is 0.306 e. The van der Waals surface area contributed by atoms with Crippen LogP contribution in [0.2, 0.25) is 0 Å². The zero-order valence-corrected chi connectivity index (χ0v) is 46.8. The number of rotatable bonds is 56. The van der Waals surface area contributed by atoms with Crippen molar-refractivity contribution in [3.8, 4) is 0 Å². The average molecular weight is 978 g/mol. The van der Waals surface area contributed by atoms with Gasteiger partial charge >= 0.3 is 11.9 Å². The summed E-state index contributed by atoms with van der Waals surface area (Å²) in [7, 11) is 0. The quantitative estimate of drug-likeness (QED) is 0.0345. The molecule has 0 aliphatic heterocycles. The average Bonchev–Trinajstić information content (AvgIpc) is 3.36. The smallest absolute Gasteiger partial charge is 0.306 e. The Balaban J connectivity index is 4.30. The Hall–Kier alpha value is -2.66. The van der Waals surface area contributed by atoms with Crippen molar-refractivity contribution in [1.82, 2.24) is 0 Å². The monoisotopic (exact) mass is 977 g/mol. The summed E-state index contributed by atoms with van der Waals surface area (Å²) < 4.78 is 17.5. The molecule has 0 rings (SSSR count). The summed E-state index contributed by atoms with van der Waals surface area (Å²) in [6.45, 7) is 7.77. The molecule has 5 heteroatoms. The van der Waals surface area contributed by atoms with Crippen LogP contribution >= 0.6 is 0 Å². The molecule has 0 aromatic carbocycles. The van der Waals surface area contributed by atoms with Gasteiger partial charge in [0.05, 0.1) is 6.61 Å². The van der Waals surface area contributed by atoms with E-state index in [-0.39, 0.29) is 25.2 Å². The molecule has 0 saturated carbocycles. The highest BCUT2D eigenvalue weighted by molar-refractivity contribution is 5.70. The van der Waals surface area contributed by atoms with Gasteiger partial charge in [-0.3, -0.25) is 9.59 Å². The molecule has 0 heterocycles. The van der Waals surface area contributed by atoms with Crippen LogP contribution in [0.4, 0.5) is 0 Å². The van der Waals surface area contributed by atoms with E-state index in [4.69, 9.17) is 14.2 Å². The molecule has 0 spiro atoms. The van der Waals surface area contributed by atoms with Crippen molar-refractivity contribution in [3.05, 3.63) is 72.9 Å². The Labute approximate surface area is 436 Å². The molecule has 1 unspecified atom stereocenters. The number of hydrogen-bond donors (Lipinski definition) is 0. The fourth-order valence-corrected chi connectivity index (χ4v) is 8.60. The van der Waals surface area contributed by atoms with Crippen molar-refractivity contribution >= 4 is 11.9 Å². The highest BCUT2D eigenvalue weighted by Gasteiger charge is 2.17. The zero-order valence-electron chi connectivity index (χ0n) is 46.8. The second kappa shape index (κ2) is 60.6. The largest absolute Gasteiger partial charge is 0.462 e. The van der Waals surface area contributed by atoms with Crippen molar-refractivity contribution in [1.29, 1.82) is 0 Å². The Morgan fingerprint density at radius 3 is 0.943 bits per heavy atom. The van der Waals surface area contributed by atoms with Crippen LogP contribution in [0.3, 0.4) is 0 Å². The van der Waals surface area contributed by atoms with Crippen LogP contribution in [-0.2, 0) is 23.8 Å². The number of unbranched alkanes of at least 4 members (excludes halogenated alkanes) is 33. The van der Waals surface area contributed by atoms with Gasteiger partial charge in [0.1, 0.15) is 6.61 Å². The van der Waals surface area contributed by atoms with Crippen molar-refractivity contribution in [2.24, 2.45) is 0 Å². The second-order valence-electron chi connectivity index (χ2n) is 20.2. The summed E-state index contributed by atoms with van der Waals surface area (Å²) >= 11 is 0. The Morgan fingerprint density at radius 2 is 0.600 bits per heavy atom. The van der Waals surface area contributed by atoms with Crippen LogP contribution in [-0.4, -0.2) is 37.9 Å². The zero-order chi connectivity index (χ0) is 50.6. The van der Waals surface area contributed by atoms with Crippen molar-refractivity contribution in [2.45, 2.75) is 309 Å². The Morgan fingerprint density at radius 1 is 0.314 bits per heavy atom. The Kier molecular flexibility index (Phi) is 58.3. The van der Waals surface area contributed by atoms with Crippen LogP contribution < -0.4 is 0 Å². The summed E-state index contributed by atoms with van der Waals surface area (Å²) in [4.78, 5) is 25.6. The van der Waals surface area contributed by atoms with E-state index in [0.29, 0.717) is 19.4 Å². The minimum absolute atomic E-state index is 0.0768. The lowest BCUT2D eigenvalue weighted by molar-refractivity contribution is -0.163. The van der Waals surface area contributed by atoms with Crippen molar-refractivity contribution in [2.75, 3.05) is 19.8 Å². The first-order valence-corrected chi connectivity index (χ1v) is 30.5. The van der Waals surface area contributed by atoms with Crippen molar-refractivity contribution < 1.29 is 23.8 Å². The van der Waals surface area contributed by atoms with Gasteiger partial charge in [-0.15, -0.1) is 0 Å². The number of hydrogen-bond acceptors (Lipinski definition) is 5. The normalized spacial score (nSPS) is 12.7. The predicted octanol–water partition coefficient (Wildman–Crippen LogP) is 21.0. The number of carbonyl (C=O) groups excluding carboxylic acids is 2. The van der Waals surface area contributed by atoms with Crippen LogP contribution in [0, 0.1) is 0 Å². The highest BCUT2D eigenvalue weighted by atomic mass is 16.6. The minimum Gasteiger partial charge on any atom is -0.462 e. The number of allylic oxidation sites excluding steroid dienone is 12. The maximum atomic E-state index is 12.9. The summed E-state index contributed by atoms with van der Waals surface area (Å²) in [5.41, 5.74) is 0. The third-order valence-electron chi connectivity index (χ3n) is 13.2. The lowest BCUT2D eigenvalue weighted by Gasteiger charge is -2.18. The van der Waals surface area contributed by atoms with Gasteiger partial charge in [0.25, 0.3) is 0 Å². The summed E-state index contributed by atoms with van der Waals surface area (Å²) in [6, 6.07) is 0. The molecule has 5 nitrogen and oxygen atoms in total. The first-order chi connectivity index (χ1) is 34.6. The van der Waals surface area contributed by atoms with Crippen LogP contribution in [0.1, 0.15) is 303 Å². The third-order valence-corrected chi connectivity index (χ3v) is 13.2. The molecule has 1 atom stereocenters. The summed E-state index contributed by atoms with van der Waals surface area (Å²) in [5, 5.41) is 0. The molecule has 406 valence electrons. The van der Waals surface area contributed by atoms with E-state index in [9.17, 15) is 9.59 Å². The third kappa shape index (κ3) is 57.9. The molecule has 0 saturated heterocycles. The predicted molar refractivity (Wildman–Crippen MR) is 307 cm³/mol. The van der Waals surface area contributed by atoms with Gasteiger partial charge in [-0.2, -0.15) is 0 Å². The standard InChI is InChI=1S/C65H116O5/c1-4-7-10-13-16-19-22-25-28-31-33-35-37-40-43-46-49-52-55-58-64(66)69-62-63(61-68-60-57-54-51-48-45-42-39-36-32-29-26-23-20-17-14-11-8-5-2)70-65(67)59-56-53-50-47-44-41-38-34-30-27-24-21-18-15-12-9-6-3/h16-21,25-30,63H,4-15,22-24,31-62H2,1-3H3/b19-16-,20-17-,21-18-,28-25-,29-26-,30-27-. The molecule has 0 amide bonds. The van der Waals surface area contributed by atoms with Gasteiger partial charge < -0.3 is 14.2 Å². The maximum absolute atomic E-state index is 12.9. The second-order valence-corrected chi connectivity index (χ2v) is 20.2. The Bertz CT molecular complexity index is 1240. The van der Waals surface area contributed by atoms with E-state index in [1.54, 1.807) is 0 Å². The molecule has 0 radical (unpaired) electrons. The van der Waals surface area contributed by atoms with Crippen LogP contribution in [0.25, 0.3) is 0 Å². The van der Waals surface area contributed by atoms with Gasteiger partial charge in [-0.25, -0.2) is 0 Å². The molecule has 0 aliphatic rings. The van der Waals surface area contributed by atoms with Gasteiger partial charge in [-0.1, -0.05) is 248 Å². The van der Waals surface area contributed by atoms with E-state index in [1.807, 2.05) is 0 Å². The number of carbonyl (C=O) groups is 2.